The fourth-order valence-electron chi connectivity index (χ4n) is 4.96. The van der Waals surface area contributed by atoms with E-state index in [9.17, 15) is 0 Å². The van der Waals surface area contributed by atoms with Crippen LogP contribution in [0.2, 0.25) is 0 Å². The van der Waals surface area contributed by atoms with E-state index in [0.29, 0.717) is 68.3 Å². The van der Waals surface area contributed by atoms with Crippen LogP contribution < -0.4 is 9.97 Å². The van der Waals surface area contributed by atoms with Crippen molar-refractivity contribution in [1.29, 1.82) is 0 Å². The first kappa shape index (κ1) is 23.4. The molecule has 2 aliphatic heterocycles. The fraction of sp³-hybridized carbons (Fsp3) is 0. The van der Waals surface area contributed by atoms with E-state index in [0.717, 1.165) is 21.9 Å². The standard InChI is InChI=1S/C28H12N12.Cu/c1-5-13-17(29-9-1)25-35-21(13)33-22-14-6-2-10-30-18(14)27(36-22)40-28-20-16(8-4-12-32-20)24(38-28)34-23-15-7-3-11-31-19(15)26(37-23)39-25;/h1-12H;/q-2;+2. The molecule has 0 unspecified atom stereocenters. The zero-order valence-corrected chi connectivity index (χ0v) is 21.5. The summed E-state index contributed by atoms with van der Waals surface area (Å²) in [4.78, 5) is 56.4. The second-order valence-electron chi connectivity index (χ2n) is 9.08. The van der Waals surface area contributed by atoms with Crippen LogP contribution in [0, 0.1) is 0 Å². The minimum absolute atomic E-state index is 0. The third-order valence-electron chi connectivity index (χ3n) is 6.74. The molecule has 0 saturated carbocycles. The molecule has 0 aromatic carbocycles. The molecule has 0 fully saturated rings. The van der Waals surface area contributed by atoms with Gasteiger partial charge in [0.2, 0.25) is 0 Å². The third-order valence-corrected chi connectivity index (χ3v) is 6.74. The van der Waals surface area contributed by atoms with Crippen LogP contribution in [-0.2, 0) is 17.1 Å². The molecule has 12 nitrogen and oxygen atoms in total. The Morgan fingerprint density at radius 3 is 1.32 bits per heavy atom. The second kappa shape index (κ2) is 8.74. The smallest absolute Gasteiger partial charge is 0.356 e. The van der Waals surface area contributed by atoms with Gasteiger partial charge in [-0.2, -0.15) is 0 Å². The summed E-state index contributed by atoms with van der Waals surface area (Å²) in [7, 11) is 0. The molecule has 7 aromatic heterocycles. The number of hydrogen-bond donors (Lipinski definition) is 0. The van der Waals surface area contributed by atoms with E-state index in [4.69, 9.17) is 39.9 Å². The van der Waals surface area contributed by atoms with Gasteiger partial charge in [0, 0.05) is 69.3 Å². The van der Waals surface area contributed by atoms with Crippen molar-refractivity contribution in [3.8, 4) is 45.8 Å². The van der Waals surface area contributed by atoms with Gasteiger partial charge in [-0.25, -0.2) is 9.97 Å². The molecular formula is C28H12CuN12. The molecule has 9 heterocycles. The summed E-state index contributed by atoms with van der Waals surface area (Å²) in [6.45, 7) is 0. The van der Waals surface area contributed by atoms with Crippen LogP contribution in [0.25, 0.3) is 90.2 Å². The van der Waals surface area contributed by atoms with Crippen LogP contribution in [0.1, 0.15) is 0 Å². The summed E-state index contributed by atoms with van der Waals surface area (Å²) in [5.74, 6) is 1.61. The number of hydrogen-bond acceptors (Lipinski definition) is 10. The van der Waals surface area contributed by atoms with E-state index >= 15 is 0 Å². The van der Waals surface area contributed by atoms with Gasteiger partial charge in [-0.15, -0.1) is 0 Å². The van der Waals surface area contributed by atoms with Gasteiger partial charge in [-0.05, 0) is 36.4 Å². The van der Waals surface area contributed by atoms with Crippen molar-refractivity contribution < 1.29 is 17.1 Å². The average molecular weight is 580 g/mol. The van der Waals surface area contributed by atoms with Gasteiger partial charge in [0.15, 0.2) is 0 Å². The Morgan fingerprint density at radius 1 is 0.415 bits per heavy atom. The molecule has 1 radical (unpaired) electrons. The Hall–Kier alpha value is -5.52. The van der Waals surface area contributed by atoms with Gasteiger partial charge < -0.3 is 29.9 Å². The van der Waals surface area contributed by atoms with Gasteiger partial charge in [-0.3, -0.25) is 19.9 Å². The van der Waals surface area contributed by atoms with Crippen molar-refractivity contribution in [2.45, 2.75) is 0 Å². The van der Waals surface area contributed by atoms with E-state index in [1.54, 1.807) is 24.8 Å². The van der Waals surface area contributed by atoms with Crippen LogP contribution in [-0.4, -0.2) is 49.8 Å². The number of fused-ring (bicyclic) bond motifs is 20. The van der Waals surface area contributed by atoms with E-state index in [-0.39, 0.29) is 17.1 Å². The molecule has 7 aromatic rings. The quantitative estimate of drug-likeness (QED) is 0.240. The number of rotatable bonds is 0. The SMILES string of the molecule is [Cu+2].c1cnc2c(c1)-c1nc-2nc2[n-]c(nc3nc(nc4[n-]c(n1)c1cccnc41)-c1ncccc1-3)c1cccnc21. The molecule has 0 saturated heterocycles. The largest absolute Gasteiger partial charge is 2.00 e. The van der Waals surface area contributed by atoms with Crippen molar-refractivity contribution in [3.63, 3.8) is 0 Å². The normalized spacial score (nSPS) is 11.7. The predicted octanol–water partition coefficient (Wildman–Crippen LogP) is 3.70. The topological polar surface area (TPSA) is 157 Å². The van der Waals surface area contributed by atoms with Crippen LogP contribution in [0.5, 0.6) is 0 Å². The molecule has 13 heteroatoms. The van der Waals surface area contributed by atoms with Gasteiger partial charge in [0.05, 0.1) is 22.7 Å². The van der Waals surface area contributed by atoms with E-state index in [1.807, 2.05) is 48.5 Å². The summed E-state index contributed by atoms with van der Waals surface area (Å²) >= 11 is 0. The molecule has 0 amide bonds. The van der Waals surface area contributed by atoms with Gasteiger partial charge in [0.25, 0.3) is 0 Å². The summed E-state index contributed by atoms with van der Waals surface area (Å²) in [5, 5.41) is 1.46. The first-order chi connectivity index (χ1) is 19.8. The Labute approximate surface area is 240 Å². The molecule has 2 aliphatic rings. The first-order valence-corrected chi connectivity index (χ1v) is 12.3. The fourth-order valence-corrected chi connectivity index (χ4v) is 4.96. The maximum absolute atomic E-state index is 4.84. The average Bonchev–Trinajstić information content (AvgIpc) is 3.73. The van der Waals surface area contributed by atoms with E-state index < -0.39 is 0 Å². The molecule has 9 rings (SSSR count). The van der Waals surface area contributed by atoms with Crippen LogP contribution >= 0.6 is 0 Å². The Kier molecular flexibility index (Phi) is 4.99. The van der Waals surface area contributed by atoms with E-state index in [1.165, 1.54) is 0 Å². The maximum Gasteiger partial charge on any atom is 2.00 e. The summed E-state index contributed by atoms with van der Waals surface area (Å²) in [6, 6.07) is 14.9. The van der Waals surface area contributed by atoms with Gasteiger partial charge in [-0.1, -0.05) is 12.1 Å². The van der Waals surface area contributed by atoms with Crippen molar-refractivity contribution in [2.75, 3.05) is 0 Å². The molecule has 195 valence electrons. The molecule has 41 heavy (non-hydrogen) atoms. The summed E-state index contributed by atoms with van der Waals surface area (Å²) < 4.78 is 0. The Morgan fingerprint density at radius 2 is 0.829 bits per heavy atom. The van der Waals surface area contributed by atoms with Gasteiger partial charge in [0.1, 0.15) is 23.0 Å². The molecule has 0 spiro atoms. The molecule has 0 aliphatic carbocycles. The first-order valence-electron chi connectivity index (χ1n) is 12.3. The maximum atomic E-state index is 4.84. The van der Waals surface area contributed by atoms with Crippen molar-refractivity contribution in [1.82, 2.24) is 59.8 Å². The number of aromatic nitrogens is 12. The summed E-state index contributed by atoms with van der Waals surface area (Å²) in [5.41, 5.74) is 5.44. The minimum Gasteiger partial charge on any atom is -0.356 e. The van der Waals surface area contributed by atoms with Crippen molar-refractivity contribution in [2.24, 2.45) is 0 Å². The zero-order valence-electron chi connectivity index (χ0n) is 20.6. The van der Waals surface area contributed by atoms with Crippen LogP contribution in [0.4, 0.5) is 0 Å². The number of nitrogens with zero attached hydrogens (tertiary/aromatic N) is 12. The molecular weight excluding hydrogens is 568 g/mol. The monoisotopic (exact) mass is 579 g/mol. The Balaban J connectivity index is 0.00000256. The van der Waals surface area contributed by atoms with Crippen LogP contribution in [0.3, 0.4) is 0 Å². The third kappa shape index (κ3) is 3.46. The predicted molar refractivity (Wildman–Crippen MR) is 145 cm³/mol. The molecule has 0 N–H and O–H groups in total. The van der Waals surface area contributed by atoms with E-state index in [2.05, 4.69) is 19.9 Å². The molecule has 8 bridgehead atoms. The summed E-state index contributed by atoms with van der Waals surface area (Å²) in [6.07, 6.45) is 6.78. The zero-order chi connectivity index (χ0) is 26.2. The van der Waals surface area contributed by atoms with Crippen molar-refractivity contribution >= 4 is 44.4 Å². The van der Waals surface area contributed by atoms with Crippen molar-refractivity contribution in [3.05, 3.63) is 73.3 Å². The second-order valence-corrected chi connectivity index (χ2v) is 9.08. The van der Waals surface area contributed by atoms with Gasteiger partial charge >= 0.3 is 17.1 Å². The minimum atomic E-state index is 0. The Bertz CT molecular complexity index is 2040. The number of pyridine rings is 4. The van der Waals surface area contributed by atoms with Crippen LogP contribution in [0.15, 0.2) is 73.3 Å². The molecule has 0 atom stereocenters.